The van der Waals surface area contributed by atoms with Crippen molar-refractivity contribution >= 4 is 15.9 Å². The fourth-order valence-electron chi connectivity index (χ4n) is 3.57. The van der Waals surface area contributed by atoms with Crippen molar-refractivity contribution in [3.8, 4) is 0 Å². The van der Waals surface area contributed by atoms with Crippen molar-refractivity contribution in [2.45, 2.75) is 37.1 Å². The summed E-state index contributed by atoms with van der Waals surface area (Å²) in [6.07, 6.45) is 6.10. The highest BCUT2D eigenvalue weighted by Gasteiger charge is 2.29. The van der Waals surface area contributed by atoms with Crippen LogP contribution in [0.3, 0.4) is 0 Å². The molecule has 29 heavy (non-hydrogen) atoms. The standard InChI is InChI=1S/C21H26FN3O3S/c1-24(16-18-3-2-12-23-15-18)21(26)9-4-17-10-13-25(14-11-17)29(27,28)20-7-5-19(22)6-8-20/h2-3,5-8,12,15,17H,4,9-11,13-14,16H2,1H3. The van der Waals surface area contributed by atoms with Crippen LogP contribution in [0.2, 0.25) is 0 Å². The number of carbonyl (C=O) groups excluding carboxylic acids is 1. The maximum absolute atomic E-state index is 13.1. The molecule has 1 aliphatic heterocycles. The number of piperidine rings is 1. The molecule has 6 nitrogen and oxygen atoms in total. The maximum atomic E-state index is 13.1. The van der Waals surface area contributed by atoms with Gasteiger partial charge in [-0.05, 0) is 61.1 Å². The zero-order valence-electron chi connectivity index (χ0n) is 16.5. The number of pyridine rings is 1. The Morgan fingerprint density at radius 1 is 1.21 bits per heavy atom. The fourth-order valence-corrected chi connectivity index (χ4v) is 5.04. The SMILES string of the molecule is CN(Cc1cccnc1)C(=O)CCC1CCN(S(=O)(=O)c2ccc(F)cc2)CC1. The molecule has 0 saturated carbocycles. The molecule has 1 aliphatic rings. The maximum Gasteiger partial charge on any atom is 0.243 e. The molecule has 1 saturated heterocycles. The lowest BCUT2D eigenvalue weighted by molar-refractivity contribution is -0.130. The summed E-state index contributed by atoms with van der Waals surface area (Å²) >= 11 is 0. The monoisotopic (exact) mass is 419 g/mol. The minimum Gasteiger partial charge on any atom is -0.341 e. The van der Waals surface area contributed by atoms with E-state index in [9.17, 15) is 17.6 Å². The topological polar surface area (TPSA) is 70.6 Å². The zero-order valence-corrected chi connectivity index (χ0v) is 17.3. The number of hydrogen-bond acceptors (Lipinski definition) is 4. The lowest BCUT2D eigenvalue weighted by atomic mass is 9.93. The summed E-state index contributed by atoms with van der Waals surface area (Å²) in [4.78, 5) is 18.3. The third kappa shape index (κ3) is 5.61. The van der Waals surface area contributed by atoms with E-state index in [1.807, 2.05) is 12.1 Å². The first kappa shape index (κ1) is 21.4. The number of hydrogen-bond donors (Lipinski definition) is 0. The highest BCUT2D eigenvalue weighted by molar-refractivity contribution is 7.89. The second-order valence-corrected chi connectivity index (χ2v) is 9.39. The molecule has 2 aromatic rings. The second kappa shape index (κ2) is 9.45. The number of rotatable bonds is 7. The lowest BCUT2D eigenvalue weighted by Crippen LogP contribution is -2.38. The fraction of sp³-hybridized carbons (Fsp3) is 0.429. The molecule has 156 valence electrons. The summed E-state index contributed by atoms with van der Waals surface area (Å²) < 4.78 is 39.8. The largest absolute Gasteiger partial charge is 0.341 e. The molecule has 1 fully saturated rings. The number of sulfonamides is 1. The number of benzene rings is 1. The molecule has 3 rings (SSSR count). The Kier molecular flexibility index (Phi) is 6.97. The van der Waals surface area contributed by atoms with Crippen LogP contribution in [-0.2, 0) is 21.4 Å². The van der Waals surface area contributed by atoms with E-state index in [-0.39, 0.29) is 10.8 Å². The Morgan fingerprint density at radius 2 is 1.90 bits per heavy atom. The van der Waals surface area contributed by atoms with Crippen molar-refractivity contribution in [1.29, 1.82) is 0 Å². The van der Waals surface area contributed by atoms with Crippen LogP contribution in [0.5, 0.6) is 0 Å². The first-order chi connectivity index (χ1) is 13.9. The van der Waals surface area contributed by atoms with Crippen LogP contribution >= 0.6 is 0 Å². The van der Waals surface area contributed by atoms with Crippen molar-refractivity contribution in [3.63, 3.8) is 0 Å². The van der Waals surface area contributed by atoms with E-state index in [2.05, 4.69) is 4.98 Å². The minimum absolute atomic E-state index is 0.0789. The van der Waals surface area contributed by atoms with E-state index in [1.165, 1.54) is 16.4 Å². The highest BCUT2D eigenvalue weighted by atomic mass is 32.2. The number of nitrogens with zero attached hydrogens (tertiary/aromatic N) is 3. The van der Waals surface area contributed by atoms with Gasteiger partial charge in [0.1, 0.15) is 5.82 Å². The summed E-state index contributed by atoms with van der Waals surface area (Å²) in [6, 6.07) is 8.71. The van der Waals surface area contributed by atoms with Crippen LogP contribution < -0.4 is 0 Å². The van der Waals surface area contributed by atoms with Crippen LogP contribution in [0.4, 0.5) is 4.39 Å². The predicted molar refractivity (Wildman–Crippen MR) is 108 cm³/mol. The Hall–Kier alpha value is -2.32. The van der Waals surface area contributed by atoms with Crippen LogP contribution in [0, 0.1) is 11.7 Å². The summed E-state index contributed by atoms with van der Waals surface area (Å²) in [5.74, 6) is -0.0542. The molecule has 0 N–H and O–H groups in total. The van der Waals surface area contributed by atoms with Gasteiger partial charge < -0.3 is 4.90 Å². The first-order valence-electron chi connectivity index (χ1n) is 9.75. The number of halogens is 1. The Bertz CT molecular complexity index is 912. The van der Waals surface area contributed by atoms with Crippen molar-refractivity contribution in [2.24, 2.45) is 5.92 Å². The van der Waals surface area contributed by atoms with Crippen LogP contribution in [0.1, 0.15) is 31.2 Å². The van der Waals surface area contributed by atoms with Crippen molar-refractivity contribution in [3.05, 3.63) is 60.2 Å². The summed E-state index contributed by atoms with van der Waals surface area (Å²) in [6.45, 7) is 1.37. The van der Waals surface area contributed by atoms with E-state index in [1.54, 1.807) is 24.3 Å². The quantitative estimate of drug-likeness (QED) is 0.692. The van der Waals surface area contributed by atoms with Gasteiger partial charge in [0, 0.05) is 45.5 Å². The number of amides is 1. The molecular formula is C21H26FN3O3S. The minimum atomic E-state index is -3.60. The van der Waals surface area contributed by atoms with Crippen molar-refractivity contribution in [1.82, 2.24) is 14.2 Å². The van der Waals surface area contributed by atoms with Gasteiger partial charge in [0.25, 0.3) is 0 Å². The van der Waals surface area contributed by atoms with Gasteiger partial charge in [0.05, 0.1) is 4.90 Å². The lowest BCUT2D eigenvalue weighted by Gasteiger charge is -2.31. The van der Waals surface area contributed by atoms with Gasteiger partial charge >= 0.3 is 0 Å². The molecule has 0 aliphatic carbocycles. The molecular weight excluding hydrogens is 393 g/mol. The van der Waals surface area contributed by atoms with Gasteiger partial charge in [-0.2, -0.15) is 4.31 Å². The smallest absolute Gasteiger partial charge is 0.243 e. The molecule has 0 bridgehead atoms. The van der Waals surface area contributed by atoms with Gasteiger partial charge in [-0.1, -0.05) is 6.07 Å². The molecule has 1 aromatic heterocycles. The van der Waals surface area contributed by atoms with E-state index in [0.29, 0.717) is 32.0 Å². The van der Waals surface area contributed by atoms with E-state index < -0.39 is 15.8 Å². The molecule has 1 amide bonds. The molecule has 1 aromatic carbocycles. The summed E-state index contributed by atoms with van der Waals surface area (Å²) in [5, 5.41) is 0. The number of carbonyl (C=O) groups is 1. The van der Waals surface area contributed by atoms with Gasteiger partial charge in [-0.25, -0.2) is 12.8 Å². The highest BCUT2D eigenvalue weighted by Crippen LogP contribution is 2.26. The average Bonchev–Trinajstić information content (AvgIpc) is 2.73. The summed E-state index contributed by atoms with van der Waals surface area (Å²) in [5.41, 5.74) is 0.989. The van der Waals surface area contributed by atoms with Crippen LogP contribution in [-0.4, -0.2) is 48.7 Å². The van der Waals surface area contributed by atoms with Crippen molar-refractivity contribution in [2.75, 3.05) is 20.1 Å². The molecule has 8 heteroatoms. The van der Waals surface area contributed by atoms with E-state index >= 15 is 0 Å². The summed E-state index contributed by atoms with van der Waals surface area (Å²) in [7, 11) is -1.81. The average molecular weight is 420 g/mol. The number of aromatic nitrogens is 1. The molecule has 0 atom stereocenters. The van der Waals surface area contributed by atoms with Gasteiger partial charge in [0.2, 0.25) is 15.9 Å². The van der Waals surface area contributed by atoms with Gasteiger partial charge in [-0.15, -0.1) is 0 Å². The molecule has 0 spiro atoms. The Labute approximate surface area is 171 Å². The van der Waals surface area contributed by atoms with E-state index in [0.717, 1.165) is 37.0 Å². The predicted octanol–water partition coefficient (Wildman–Crippen LogP) is 3.06. The molecule has 2 heterocycles. The second-order valence-electron chi connectivity index (χ2n) is 7.45. The Balaban J connectivity index is 1.46. The first-order valence-corrected chi connectivity index (χ1v) is 11.2. The van der Waals surface area contributed by atoms with Crippen LogP contribution in [0.15, 0.2) is 53.7 Å². The molecule has 0 radical (unpaired) electrons. The van der Waals surface area contributed by atoms with E-state index in [4.69, 9.17) is 0 Å². The van der Waals surface area contributed by atoms with Crippen molar-refractivity contribution < 1.29 is 17.6 Å². The molecule has 0 unspecified atom stereocenters. The zero-order chi connectivity index (χ0) is 20.9. The third-order valence-corrected chi connectivity index (χ3v) is 7.27. The normalized spacial score (nSPS) is 15.9. The van der Waals surface area contributed by atoms with Gasteiger partial charge in [0.15, 0.2) is 0 Å². The Morgan fingerprint density at radius 3 is 2.52 bits per heavy atom. The van der Waals surface area contributed by atoms with Gasteiger partial charge in [-0.3, -0.25) is 9.78 Å². The third-order valence-electron chi connectivity index (χ3n) is 5.36. The van der Waals surface area contributed by atoms with Crippen LogP contribution in [0.25, 0.3) is 0 Å².